The second kappa shape index (κ2) is 8.35. The molecule has 0 radical (unpaired) electrons. The Hall–Kier alpha value is -1.13. The molecule has 1 aliphatic heterocycles. The van der Waals surface area contributed by atoms with Crippen LogP contribution in [0.3, 0.4) is 0 Å². The SMILES string of the molecule is CCCNCC1CCCCN1Cc1ccc(OC)cc1F. The van der Waals surface area contributed by atoms with E-state index in [-0.39, 0.29) is 5.82 Å². The number of rotatable bonds is 7. The largest absolute Gasteiger partial charge is 0.497 e. The predicted molar refractivity (Wildman–Crippen MR) is 84.2 cm³/mol. The van der Waals surface area contributed by atoms with Gasteiger partial charge in [-0.1, -0.05) is 19.4 Å². The first-order valence-electron chi connectivity index (χ1n) is 8.01. The van der Waals surface area contributed by atoms with Gasteiger partial charge in [0.05, 0.1) is 7.11 Å². The summed E-state index contributed by atoms with van der Waals surface area (Å²) in [6.45, 7) is 5.99. The number of nitrogens with zero attached hydrogens (tertiary/aromatic N) is 1. The van der Waals surface area contributed by atoms with Gasteiger partial charge in [-0.3, -0.25) is 4.90 Å². The van der Waals surface area contributed by atoms with Crippen molar-refractivity contribution >= 4 is 0 Å². The molecule has 1 saturated heterocycles. The molecule has 0 amide bonds. The monoisotopic (exact) mass is 294 g/mol. The van der Waals surface area contributed by atoms with Crippen LogP contribution >= 0.6 is 0 Å². The zero-order chi connectivity index (χ0) is 15.1. The van der Waals surface area contributed by atoms with Crippen molar-refractivity contribution in [1.29, 1.82) is 0 Å². The lowest BCUT2D eigenvalue weighted by Crippen LogP contribution is -2.45. The van der Waals surface area contributed by atoms with Crippen LogP contribution in [0.25, 0.3) is 0 Å². The van der Waals surface area contributed by atoms with Gasteiger partial charge in [0.2, 0.25) is 0 Å². The maximum Gasteiger partial charge on any atom is 0.131 e. The number of methoxy groups -OCH3 is 1. The van der Waals surface area contributed by atoms with E-state index in [0.29, 0.717) is 18.3 Å². The highest BCUT2D eigenvalue weighted by atomic mass is 19.1. The predicted octanol–water partition coefficient (Wildman–Crippen LogP) is 3.19. The van der Waals surface area contributed by atoms with Crippen LogP contribution in [-0.4, -0.2) is 37.7 Å². The molecular weight excluding hydrogens is 267 g/mol. The number of hydrogen-bond donors (Lipinski definition) is 1. The summed E-state index contributed by atoms with van der Waals surface area (Å²) < 4.78 is 19.2. The number of likely N-dealkylation sites (tertiary alicyclic amines) is 1. The number of ether oxygens (including phenoxy) is 1. The third-order valence-electron chi connectivity index (χ3n) is 4.19. The minimum atomic E-state index is -0.166. The zero-order valence-electron chi connectivity index (χ0n) is 13.2. The molecule has 0 aromatic heterocycles. The number of piperidine rings is 1. The van der Waals surface area contributed by atoms with Gasteiger partial charge >= 0.3 is 0 Å². The Morgan fingerprint density at radius 3 is 2.95 bits per heavy atom. The average Bonchev–Trinajstić information content (AvgIpc) is 2.51. The normalized spacial score (nSPS) is 19.7. The number of nitrogens with one attached hydrogen (secondary N) is 1. The van der Waals surface area contributed by atoms with Gasteiger partial charge in [-0.2, -0.15) is 0 Å². The Bertz CT molecular complexity index is 439. The van der Waals surface area contributed by atoms with Crippen LogP contribution in [-0.2, 0) is 6.54 Å². The smallest absolute Gasteiger partial charge is 0.131 e. The summed E-state index contributed by atoms with van der Waals surface area (Å²) in [5.74, 6) is 0.413. The fourth-order valence-electron chi connectivity index (χ4n) is 2.95. The lowest BCUT2D eigenvalue weighted by Gasteiger charge is -2.36. The summed E-state index contributed by atoms with van der Waals surface area (Å²) >= 11 is 0. The first kappa shape index (κ1) is 16.2. The first-order valence-corrected chi connectivity index (χ1v) is 8.01. The Labute approximate surface area is 127 Å². The maximum atomic E-state index is 14.1. The Morgan fingerprint density at radius 2 is 2.24 bits per heavy atom. The van der Waals surface area contributed by atoms with Gasteiger partial charge in [0.15, 0.2) is 0 Å². The van der Waals surface area contributed by atoms with E-state index in [0.717, 1.165) is 31.6 Å². The van der Waals surface area contributed by atoms with Crippen molar-refractivity contribution in [3.05, 3.63) is 29.6 Å². The van der Waals surface area contributed by atoms with Crippen molar-refractivity contribution in [3.63, 3.8) is 0 Å². The fraction of sp³-hybridized carbons (Fsp3) is 0.647. The molecule has 4 heteroatoms. The molecule has 3 nitrogen and oxygen atoms in total. The van der Waals surface area contributed by atoms with Crippen molar-refractivity contribution in [2.24, 2.45) is 0 Å². The van der Waals surface area contributed by atoms with Crippen LogP contribution in [0.1, 0.15) is 38.2 Å². The zero-order valence-corrected chi connectivity index (χ0v) is 13.2. The molecule has 1 fully saturated rings. The van der Waals surface area contributed by atoms with Crippen LogP contribution in [0.4, 0.5) is 4.39 Å². The van der Waals surface area contributed by atoms with E-state index in [2.05, 4.69) is 17.1 Å². The minimum absolute atomic E-state index is 0.166. The Balaban J connectivity index is 1.98. The lowest BCUT2D eigenvalue weighted by molar-refractivity contribution is 0.136. The van der Waals surface area contributed by atoms with Crippen LogP contribution in [0.15, 0.2) is 18.2 Å². The molecule has 0 aliphatic carbocycles. The number of hydrogen-bond acceptors (Lipinski definition) is 3. The fourth-order valence-corrected chi connectivity index (χ4v) is 2.95. The van der Waals surface area contributed by atoms with Gasteiger partial charge in [-0.25, -0.2) is 4.39 Å². The molecule has 1 unspecified atom stereocenters. The molecule has 1 aromatic carbocycles. The third-order valence-corrected chi connectivity index (χ3v) is 4.19. The summed E-state index contributed by atoms with van der Waals surface area (Å²) in [5.41, 5.74) is 0.762. The first-order chi connectivity index (χ1) is 10.2. The summed E-state index contributed by atoms with van der Waals surface area (Å²) in [4.78, 5) is 2.41. The lowest BCUT2D eigenvalue weighted by atomic mass is 10.0. The van der Waals surface area contributed by atoms with Crippen molar-refractivity contribution in [2.45, 2.75) is 45.2 Å². The molecule has 0 saturated carbocycles. The van der Waals surface area contributed by atoms with E-state index in [4.69, 9.17) is 4.74 Å². The van der Waals surface area contributed by atoms with Gasteiger partial charge in [0.1, 0.15) is 11.6 Å². The summed E-state index contributed by atoms with van der Waals surface area (Å²) in [6, 6.07) is 5.68. The van der Waals surface area contributed by atoms with Crippen molar-refractivity contribution in [1.82, 2.24) is 10.2 Å². The van der Waals surface area contributed by atoms with E-state index in [1.165, 1.54) is 25.3 Å². The molecule has 1 atom stereocenters. The van der Waals surface area contributed by atoms with Gasteiger partial charge in [-0.15, -0.1) is 0 Å². The molecule has 1 heterocycles. The molecule has 1 aliphatic rings. The molecule has 2 rings (SSSR count). The Kier molecular flexibility index (Phi) is 6.46. The molecule has 1 N–H and O–H groups in total. The summed E-state index contributed by atoms with van der Waals surface area (Å²) in [7, 11) is 1.56. The third kappa shape index (κ3) is 4.68. The molecule has 0 spiro atoms. The minimum Gasteiger partial charge on any atom is -0.497 e. The molecule has 21 heavy (non-hydrogen) atoms. The van der Waals surface area contributed by atoms with Crippen molar-refractivity contribution in [3.8, 4) is 5.75 Å². The average molecular weight is 294 g/mol. The van der Waals surface area contributed by atoms with E-state index in [1.54, 1.807) is 7.11 Å². The maximum absolute atomic E-state index is 14.1. The van der Waals surface area contributed by atoms with E-state index in [1.807, 2.05) is 12.1 Å². The number of halogens is 1. The standard InChI is InChI=1S/C17H27FN2O/c1-3-9-19-12-15-6-4-5-10-20(15)13-14-7-8-16(21-2)11-17(14)18/h7-8,11,15,19H,3-6,9-10,12-13H2,1-2H3. The highest BCUT2D eigenvalue weighted by Crippen LogP contribution is 2.22. The van der Waals surface area contributed by atoms with E-state index >= 15 is 0 Å². The Morgan fingerprint density at radius 1 is 1.38 bits per heavy atom. The van der Waals surface area contributed by atoms with E-state index in [9.17, 15) is 4.39 Å². The van der Waals surface area contributed by atoms with Gasteiger partial charge < -0.3 is 10.1 Å². The summed E-state index contributed by atoms with van der Waals surface area (Å²) in [6.07, 6.45) is 4.84. The van der Waals surface area contributed by atoms with Crippen molar-refractivity contribution < 1.29 is 9.13 Å². The summed E-state index contributed by atoms with van der Waals surface area (Å²) in [5, 5.41) is 3.50. The topological polar surface area (TPSA) is 24.5 Å². The second-order valence-corrected chi connectivity index (χ2v) is 5.78. The molecule has 0 bridgehead atoms. The highest BCUT2D eigenvalue weighted by molar-refractivity contribution is 5.28. The van der Waals surface area contributed by atoms with Gasteiger partial charge in [-0.05, 0) is 38.4 Å². The van der Waals surface area contributed by atoms with Crippen LogP contribution < -0.4 is 10.1 Å². The molecule has 118 valence electrons. The van der Waals surface area contributed by atoms with Crippen LogP contribution in [0, 0.1) is 5.82 Å². The van der Waals surface area contributed by atoms with E-state index < -0.39 is 0 Å². The molecule has 1 aromatic rings. The molecular formula is C17H27FN2O. The van der Waals surface area contributed by atoms with Crippen molar-refractivity contribution in [2.75, 3.05) is 26.7 Å². The highest BCUT2D eigenvalue weighted by Gasteiger charge is 2.22. The van der Waals surface area contributed by atoms with Gasteiger partial charge in [0, 0.05) is 30.8 Å². The van der Waals surface area contributed by atoms with Crippen LogP contribution in [0.5, 0.6) is 5.75 Å². The van der Waals surface area contributed by atoms with Crippen LogP contribution in [0.2, 0.25) is 0 Å². The van der Waals surface area contributed by atoms with Gasteiger partial charge in [0.25, 0.3) is 0 Å². The number of benzene rings is 1. The quantitative estimate of drug-likeness (QED) is 0.782. The second-order valence-electron chi connectivity index (χ2n) is 5.78.